The van der Waals surface area contributed by atoms with Gasteiger partial charge in [-0.15, -0.1) is 0 Å². The molecule has 2 aromatic heterocycles. The number of ether oxygens (including phenoxy) is 2. The number of hydrogen-bond acceptors (Lipinski definition) is 8. The quantitative estimate of drug-likeness (QED) is 0.328. The van der Waals surface area contributed by atoms with Crippen LogP contribution in [0.15, 0.2) is 47.0 Å². The summed E-state index contributed by atoms with van der Waals surface area (Å²) < 4.78 is 13.9. The van der Waals surface area contributed by atoms with Gasteiger partial charge in [-0.3, -0.25) is 19.0 Å². The van der Waals surface area contributed by atoms with Gasteiger partial charge in [0.2, 0.25) is 0 Å². The lowest BCUT2D eigenvalue weighted by Crippen LogP contribution is -2.45. The van der Waals surface area contributed by atoms with E-state index in [1.165, 1.54) is 18.0 Å². The van der Waals surface area contributed by atoms with Crippen molar-refractivity contribution in [3.63, 3.8) is 0 Å². The van der Waals surface area contributed by atoms with E-state index >= 15 is 0 Å². The first-order valence-electron chi connectivity index (χ1n) is 14.1. The fourth-order valence-electron chi connectivity index (χ4n) is 5.51. The topological polar surface area (TPSA) is 125 Å². The van der Waals surface area contributed by atoms with Crippen molar-refractivity contribution in [2.45, 2.75) is 45.8 Å². The van der Waals surface area contributed by atoms with Gasteiger partial charge in [0.1, 0.15) is 28.2 Å². The maximum absolute atomic E-state index is 14.1. The van der Waals surface area contributed by atoms with Crippen LogP contribution in [0.5, 0.6) is 5.75 Å². The number of nitrogens with two attached hydrogens (primary N) is 1. The Kier molecular flexibility index (Phi) is 8.55. The average molecular weight is 563 g/mol. The highest BCUT2D eigenvalue weighted by molar-refractivity contribution is 6.11. The minimum atomic E-state index is -0.378. The second-order valence-electron chi connectivity index (χ2n) is 10.9. The largest absolute Gasteiger partial charge is 0.497 e. The summed E-state index contributed by atoms with van der Waals surface area (Å²) in [6.45, 7) is 7.28. The third-order valence-corrected chi connectivity index (χ3v) is 7.66. The monoisotopic (exact) mass is 562 g/mol. The van der Waals surface area contributed by atoms with E-state index in [9.17, 15) is 14.4 Å². The van der Waals surface area contributed by atoms with E-state index in [1.807, 2.05) is 24.5 Å². The number of carbonyl (C=O) groups excluding carboxylic acids is 2. The molecule has 2 N–H and O–H groups in total. The Labute approximate surface area is 239 Å². The molecule has 11 nitrogen and oxygen atoms in total. The zero-order chi connectivity index (χ0) is 29.1. The molecule has 218 valence electrons. The highest BCUT2D eigenvalue weighted by Gasteiger charge is 2.34. The lowest BCUT2D eigenvalue weighted by Gasteiger charge is -2.34. The molecule has 2 aliphatic heterocycles. The van der Waals surface area contributed by atoms with Crippen LogP contribution in [0.25, 0.3) is 11.0 Å². The summed E-state index contributed by atoms with van der Waals surface area (Å²) in [6.07, 6.45) is 5.17. The maximum Gasteiger partial charge on any atom is 0.278 e. The van der Waals surface area contributed by atoms with Crippen molar-refractivity contribution >= 4 is 28.5 Å². The van der Waals surface area contributed by atoms with Crippen LogP contribution in [-0.2, 0) is 17.8 Å². The molecule has 1 amide bonds. The molecule has 11 heteroatoms. The van der Waals surface area contributed by atoms with Crippen molar-refractivity contribution in [2.24, 2.45) is 5.73 Å². The van der Waals surface area contributed by atoms with Crippen molar-refractivity contribution in [1.29, 1.82) is 0 Å². The zero-order valence-corrected chi connectivity index (χ0v) is 24.0. The van der Waals surface area contributed by atoms with E-state index in [1.54, 1.807) is 29.2 Å². The third kappa shape index (κ3) is 5.91. The molecule has 0 unspecified atom stereocenters. The molecule has 0 bridgehead atoms. The van der Waals surface area contributed by atoms with Crippen molar-refractivity contribution in [1.82, 2.24) is 19.0 Å². The second-order valence-corrected chi connectivity index (χ2v) is 10.9. The van der Waals surface area contributed by atoms with Crippen LogP contribution in [-0.4, -0.2) is 83.3 Å². The molecule has 2 aliphatic rings. The van der Waals surface area contributed by atoms with Crippen LogP contribution in [0.1, 0.15) is 47.4 Å². The summed E-state index contributed by atoms with van der Waals surface area (Å²) in [7, 11) is 1.54. The van der Waals surface area contributed by atoms with E-state index in [2.05, 4.69) is 9.88 Å². The van der Waals surface area contributed by atoms with Crippen molar-refractivity contribution < 1.29 is 19.1 Å². The Morgan fingerprint density at radius 2 is 1.98 bits per heavy atom. The Morgan fingerprint density at radius 3 is 2.68 bits per heavy atom. The number of morpholine rings is 1. The zero-order valence-electron chi connectivity index (χ0n) is 24.0. The van der Waals surface area contributed by atoms with Gasteiger partial charge in [-0.1, -0.05) is 23.8 Å². The Balaban J connectivity index is 1.68. The van der Waals surface area contributed by atoms with Crippen molar-refractivity contribution in [2.75, 3.05) is 51.4 Å². The summed E-state index contributed by atoms with van der Waals surface area (Å²) in [5.74, 6) is 0.788. The molecule has 41 heavy (non-hydrogen) atoms. The van der Waals surface area contributed by atoms with Crippen molar-refractivity contribution in [3.8, 4) is 5.75 Å². The molecule has 4 heterocycles. The standard InChI is InChI=1S/C30H38N6O5/c1-20(2)9-11-36-27-26(32-19-35(30(27)39)18-24(37)21-6-4-8-23(16-21)40-3)25(29(38)33-12-14-41-15-13-33)28(36)34-10-5-7-22(31)17-34/h4,6,8-9,16,19,22H,5,7,10-15,17-18,31H2,1-3H3/t22-/m0/s1. The summed E-state index contributed by atoms with van der Waals surface area (Å²) in [5.41, 5.74) is 8.56. The molecule has 0 radical (unpaired) electrons. The second kappa shape index (κ2) is 12.3. The molecule has 1 aromatic carbocycles. The predicted molar refractivity (Wildman–Crippen MR) is 157 cm³/mol. The molecule has 2 saturated heterocycles. The molecule has 3 aromatic rings. The number of carbonyl (C=O) groups is 2. The number of allylic oxidation sites excluding steroid dienone is 2. The number of anilines is 1. The molecule has 0 saturated carbocycles. The lowest BCUT2D eigenvalue weighted by molar-refractivity contribution is 0.0304. The van der Waals surface area contributed by atoms with Gasteiger partial charge in [-0.2, -0.15) is 0 Å². The first kappa shape index (κ1) is 28.6. The van der Waals surface area contributed by atoms with E-state index in [-0.39, 0.29) is 29.8 Å². The SMILES string of the molecule is COc1cccc(C(=O)Cn2cnc3c(C(=O)N4CCOCC4)c(N4CCC[C@H](N)C4)n(CC=C(C)C)c3c2=O)c1. The highest BCUT2D eigenvalue weighted by atomic mass is 16.5. The number of amides is 1. The summed E-state index contributed by atoms with van der Waals surface area (Å²) >= 11 is 0. The first-order chi connectivity index (χ1) is 19.8. The molecular formula is C30H38N6O5. The van der Waals surface area contributed by atoms with Crippen LogP contribution >= 0.6 is 0 Å². The Bertz CT molecular complexity index is 1530. The third-order valence-electron chi connectivity index (χ3n) is 7.66. The van der Waals surface area contributed by atoms with Crippen LogP contribution in [0, 0.1) is 0 Å². The van der Waals surface area contributed by atoms with Crippen LogP contribution in [0.4, 0.5) is 5.82 Å². The van der Waals surface area contributed by atoms with E-state index in [0.29, 0.717) is 79.7 Å². The van der Waals surface area contributed by atoms with Crippen molar-refractivity contribution in [3.05, 3.63) is 63.7 Å². The summed E-state index contributed by atoms with van der Waals surface area (Å²) in [4.78, 5) is 49.9. The molecule has 0 spiro atoms. The summed E-state index contributed by atoms with van der Waals surface area (Å²) in [5, 5.41) is 0. The predicted octanol–water partition coefficient (Wildman–Crippen LogP) is 2.46. The van der Waals surface area contributed by atoms with Gasteiger partial charge in [-0.05, 0) is 38.8 Å². The number of nitrogens with zero attached hydrogens (tertiary/aromatic N) is 5. The normalized spacial score (nSPS) is 17.5. The fraction of sp³-hybridized carbons (Fsp3) is 0.467. The number of benzene rings is 1. The lowest BCUT2D eigenvalue weighted by atomic mass is 10.1. The number of fused-ring (bicyclic) bond motifs is 1. The molecule has 2 fully saturated rings. The van der Waals surface area contributed by atoms with Gasteiger partial charge in [0.15, 0.2) is 5.78 Å². The van der Waals surface area contributed by atoms with Crippen LogP contribution < -0.4 is 20.9 Å². The number of Topliss-reactive ketones (excluding diaryl/α,β-unsaturated/α-hetero) is 1. The number of ketones is 1. The van der Waals surface area contributed by atoms with Gasteiger partial charge in [-0.25, -0.2) is 4.98 Å². The minimum absolute atomic E-state index is 0.0462. The Morgan fingerprint density at radius 1 is 1.20 bits per heavy atom. The van der Waals surface area contributed by atoms with Crippen LogP contribution in [0.2, 0.25) is 0 Å². The number of aromatic nitrogens is 3. The minimum Gasteiger partial charge on any atom is -0.497 e. The first-order valence-corrected chi connectivity index (χ1v) is 14.1. The van der Waals surface area contributed by atoms with E-state index < -0.39 is 0 Å². The summed E-state index contributed by atoms with van der Waals surface area (Å²) in [6, 6.07) is 6.78. The fourth-order valence-corrected chi connectivity index (χ4v) is 5.51. The number of rotatable bonds is 8. The number of methoxy groups -OCH3 is 1. The average Bonchev–Trinajstić information content (AvgIpc) is 3.32. The van der Waals surface area contributed by atoms with E-state index in [0.717, 1.165) is 18.4 Å². The van der Waals surface area contributed by atoms with Crippen LogP contribution in [0.3, 0.4) is 0 Å². The van der Waals surface area contributed by atoms with Gasteiger partial charge in [0.05, 0.1) is 33.2 Å². The highest BCUT2D eigenvalue weighted by Crippen LogP contribution is 2.34. The molecule has 1 atom stereocenters. The smallest absolute Gasteiger partial charge is 0.278 e. The van der Waals surface area contributed by atoms with Gasteiger partial charge in [0.25, 0.3) is 11.5 Å². The number of hydrogen-bond donors (Lipinski definition) is 1. The van der Waals surface area contributed by atoms with Gasteiger partial charge in [0, 0.05) is 44.3 Å². The number of piperidine rings is 1. The molecule has 5 rings (SSSR count). The van der Waals surface area contributed by atoms with E-state index in [4.69, 9.17) is 15.2 Å². The van der Waals surface area contributed by atoms with Gasteiger partial charge < -0.3 is 29.6 Å². The molecule has 0 aliphatic carbocycles. The van der Waals surface area contributed by atoms with Gasteiger partial charge >= 0.3 is 0 Å². The maximum atomic E-state index is 14.1. The Hall–Kier alpha value is -3.96. The molecular weight excluding hydrogens is 524 g/mol.